The minimum Gasteiger partial charge on any atom is -0.497 e. The third-order valence-electron chi connectivity index (χ3n) is 8.56. The molecule has 0 aromatic heterocycles. The van der Waals surface area contributed by atoms with Crippen LogP contribution in [0.3, 0.4) is 0 Å². The zero-order chi connectivity index (χ0) is 31.5. The molecular formula is C35H48N4O5. The number of hydrogen-bond acceptors (Lipinski definition) is 7. The van der Waals surface area contributed by atoms with Gasteiger partial charge in [0.2, 0.25) is 0 Å². The SMILES string of the molecule is C=CN(/C(=C(\C)C(=O)N1CCNC[C@H]1CCOc1cc(OC)ccc1C)c1ccccc1)[C@H]1CCCC[C@@H]1NC(=O)OCC. The van der Waals surface area contributed by atoms with Crippen LogP contribution in [-0.2, 0) is 9.53 Å². The topological polar surface area (TPSA) is 92.4 Å². The van der Waals surface area contributed by atoms with E-state index in [1.54, 1.807) is 20.2 Å². The zero-order valence-electron chi connectivity index (χ0n) is 26.6. The van der Waals surface area contributed by atoms with E-state index in [0.29, 0.717) is 38.3 Å². The maximum absolute atomic E-state index is 14.4. The first-order chi connectivity index (χ1) is 21.4. The lowest BCUT2D eigenvalue weighted by atomic mass is 9.88. The fraction of sp³-hybridized carbons (Fsp3) is 0.486. The monoisotopic (exact) mass is 604 g/mol. The zero-order valence-corrected chi connectivity index (χ0v) is 26.6. The van der Waals surface area contributed by atoms with Gasteiger partial charge in [-0.3, -0.25) is 4.79 Å². The third kappa shape index (κ3) is 8.14. The molecule has 1 saturated carbocycles. The maximum Gasteiger partial charge on any atom is 0.407 e. The molecule has 2 fully saturated rings. The van der Waals surface area contributed by atoms with Crippen molar-refractivity contribution in [3.05, 3.63) is 78.0 Å². The molecule has 0 unspecified atom stereocenters. The average Bonchev–Trinajstić information content (AvgIpc) is 3.05. The molecule has 1 saturated heterocycles. The number of piperazine rings is 1. The van der Waals surface area contributed by atoms with Crippen LogP contribution in [0.4, 0.5) is 4.79 Å². The van der Waals surface area contributed by atoms with Gasteiger partial charge in [-0.2, -0.15) is 0 Å². The average molecular weight is 605 g/mol. The lowest BCUT2D eigenvalue weighted by Crippen LogP contribution is -2.55. The number of carbonyl (C=O) groups excluding carboxylic acids is 2. The predicted octanol–water partition coefficient (Wildman–Crippen LogP) is 5.51. The third-order valence-corrected chi connectivity index (χ3v) is 8.56. The molecule has 44 heavy (non-hydrogen) atoms. The molecule has 2 N–H and O–H groups in total. The first-order valence-electron chi connectivity index (χ1n) is 15.8. The summed E-state index contributed by atoms with van der Waals surface area (Å²) < 4.78 is 16.7. The van der Waals surface area contributed by atoms with Crippen LogP contribution in [0.25, 0.3) is 5.70 Å². The van der Waals surface area contributed by atoms with Crippen molar-refractivity contribution >= 4 is 17.7 Å². The molecule has 0 radical (unpaired) electrons. The van der Waals surface area contributed by atoms with Gasteiger partial charge in [0.15, 0.2) is 0 Å². The number of amides is 2. The van der Waals surface area contributed by atoms with Crippen molar-refractivity contribution < 1.29 is 23.8 Å². The molecular weight excluding hydrogens is 556 g/mol. The summed E-state index contributed by atoms with van der Waals surface area (Å²) in [5, 5.41) is 6.53. The number of hydrogen-bond donors (Lipinski definition) is 2. The Kier molecular flexibility index (Phi) is 12.1. The Bertz CT molecular complexity index is 1300. The standard InChI is InChI=1S/C35H48N4O5/c1-6-38(31-16-12-11-15-30(31)37-35(41)43-7-2)33(27-13-9-8-10-14-27)26(4)34(40)39-21-20-36-24-28(39)19-22-44-32-23-29(42-5)18-17-25(32)3/h6,8-10,13-14,17-18,23,28,30-31,36H,1,7,11-12,15-16,19-22,24H2,2-5H3,(H,37,41)/b33-26+/t28-,30+,31+/m1/s1. The van der Waals surface area contributed by atoms with Crippen LogP contribution in [0, 0.1) is 6.92 Å². The number of carbonyl (C=O) groups is 2. The summed E-state index contributed by atoms with van der Waals surface area (Å²) in [4.78, 5) is 30.9. The summed E-state index contributed by atoms with van der Waals surface area (Å²) in [6.45, 7) is 12.7. The van der Waals surface area contributed by atoms with E-state index in [1.165, 1.54) is 0 Å². The fourth-order valence-electron chi connectivity index (χ4n) is 6.26. The van der Waals surface area contributed by atoms with Crippen molar-refractivity contribution in [2.45, 2.75) is 71.0 Å². The molecule has 1 aliphatic carbocycles. The number of ether oxygens (including phenoxy) is 3. The van der Waals surface area contributed by atoms with Gasteiger partial charge in [0, 0.05) is 43.7 Å². The van der Waals surface area contributed by atoms with Crippen LogP contribution in [0.2, 0.25) is 0 Å². The fourth-order valence-corrected chi connectivity index (χ4v) is 6.26. The summed E-state index contributed by atoms with van der Waals surface area (Å²) in [6, 6.07) is 15.6. The summed E-state index contributed by atoms with van der Waals surface area (Å²) in [6.07, 6.45) is 5.80. The van der Waals surface area contributed by atoms with Crippen LogP contribution in [0.1, 0.15) is 57.1 Å². The van der Waals surface area contributed by atoms with Crippen LogP contribution in [-0.4, -0.2) is 79.9 Å². The number of nitrogens with zero attached hydrogens (tertiary/aromatic N) is 2. The molecule has 238 valence electrons. The van der Waals surface area contributed by atoms with Crippen LogP contribution in [0.5, 0.6) is 11.5 Å². The molecule has 4 rings (SSSR count). The molecule has 2 aromatic carbocycles. The largest absolute Gasteiger partial charge is 0.497 e. The molecule has 9 nitrogen and oxygen atoms in total. The molecule has 2 aliphatic rings. The number of alkyl carbamates (subject to hydrolysis) is 1. The Morgan fingerprint density at radius 2 is 1.93 bits per heavy atom. The highest BCUT2D eigenvalue weighted by Crippen LogP contribution is 2.33. The number of aryl methyl sites for hydroxylation is 1. The summed E-state index contributed by atoms with van der Waals surface area (Å²) >= 11 is 0. The van der Waals surface area contributed by atoms with Crippen molar-refractivity contribution in [3.63, 3.8) is 0 Å². The normalized spacial score (nSPS) is 20.6. The molecule has 1 heterocycles. The number of benzene rings is 2. The first-order valence-corrected chi connectivity index (χ1v) is 15.8. The number of nitrogens with one attached hydrogen (secondary N) is 2. The van der Waals surface area contributed by atoms with E-state index in [2.05, 4.69) is 22.1 Å². The highest BCUT2D eigenvalue weighted by molar-refractivity contribution is 6.00. The smallest absolute Gasteiger partial charge is 0.407 e. The number of methoxy groups -OCH3 is 1. The Morgan fingerprint density at radius 1 is 1.16 bits per heavy atom. The lowest BCUT2D eigenvalue weighted by molar-refractivity contribution is -0.130. The molecule has 3 atom stereocenters. The van der Waals surface area contributed by atoms with Gasteiger partial charge in [-0.15, -0.1) is 0 Å². The van der Waals surface area contributed by atoms with Crippen molar-refractivity contribution in [1.82, 2.24) is 20.4 Å². The van der Waals surface area contributed by atoms with Crippen molar-refractivity contribution in [3.8, 4) is 11.5 Å². The van der Waals surface area contributed by atoms with Gasteiger partial charge < -0.3 is 34.6 Å². The van der Waals surface area contributed by atoms with E-state index in [1.807, 2.05) is 67.3 Å². The minimum absolute atomic E-state index is 0.00882. The first kappa shape index (κ1) is 32.9. The van der Waals surface area contributed by atoms with E-state index in [4.69, 9.17) is 14.2 Å². The van der Waals surface area contributed by atoms with Gasteiger partial charge in [-0.25, -0.2) is 4.79 Å². The Hall–Kier alpha value is -3.98. The van der Waals surface area contributed by atoms with Crippen molar-refractivity contribution in [2.75, 3.05) is 40.0 Å². The highest BCUT2D eigenvalue weighted by Gasteiger charge is 2.35. The summed E-state index contributed by atoms with van der Waals surface area (Å²) in [5.41, 5.74) is 3.43. The molecule has 9 heteroatoms. The van der Waals surface area contributed by atoms with Gasteiger partial charge in [0.1, 0.15) is 11.5 Å². The van der Waals surface area contributed by atoms with E-state index in [0.717, 1.165) is 60.6 Å². The maximum atomic E-state index is 14.4. The van der Waals surface area contributed by atoms with Gasteiger partial charge in [-0.1, -0.05) is 55.8 Å². The van der Waals surface area contributed by atoms with Crippen LogP contribution >= 0.6 is 0 Å². The summed E-state index contributed by atoms with van der Waals surface area (Å²) in [7, 11) is 1.64. The molecule has 1 aliphatic heterocycles. The van der Waals surface area contributed by atoms with Crippen molar-refractivity contribution in [1.29, 1.82) is 0 Å². The Morgan fingerprint density at radius 3 is 2.66 bits per heavy atom. The highest BCUT2D eigenvalue weighted by atomic mass is 16.5. The Labute approximate surface area is 262 Å². The van der Waals surface area contributed by atoms with Crippen LogP contribution < -0.4 is 20.1 Å². The minimum atomic E-state index is -0.415. The quantitative estimate of drug-likeness (QED) is 0.309. The van der Waals surface area contributed by atoms with E-state index in [-0.39, 0.29) is 24.0 Å². The van der Waals surface area contributed by atoms with Gasteiger partial charge in [0.05, 0.1) is 38.1 Å². The molecule has 0 bridgehead atoms. The van der Waals surface area contributed by atoms with Gasteiger partial charge in [0.25, 0.3) is 5.91 Å². The van der Waals surface area contributed by atoms with E-state index < -0.39 is 6.09 Å². The Balaban J connectivity index is 1.60. The number of rotatable bonds is 12. The lowest BCUT2D eigenvalue weighted by Gasteiger charge is -2.42. The van der Waals surface area contributed by atoms with Crippen LogP contribution in [0.15, 0.2) is 66.9 Å². The predicted molar refractivity (Wildman–Crippen MR) is 173 cm³/mol. The second-order valence-electron chi connectivity index (χ2n) is 11.4. The second kappa shape index (κ2) is 16.2. The van der Waals surface area contributed by atoms with Gasteiger partial charge in [-0.05, 0) is 57.0 Å². The van der Waals surface area contributed by atoms with E-state index >= 15 is 0 Å². The van der Waals surface area contributed by atoms with E-state index in [9.17, 15) is 9.59 Å². The summed E-state index contributed by atoms with van der Waals surface area (Å²) in [5.74, 6) is 1.53. The molecule has 2 aromatic rings. The molecule has 0 spiro atoms. The van der Waals surface area contributed by atoms with Gasteiger partial charge >= 0.3 is 6.09 Å². The molecule has 2 amide bonds. The van der Waals surface area contributed by atoms with Crippen molar-refractivity contribution in [2.24, 2.45) is 0 Å². The second-order valence-corrected chi connectivity index (χ2v) is 11.4.